The molecule has 2 N–H and O–H groups in total. The molecule has 1 aromatic carbocycles. The number of halogens is 1. The third kappa shape index (κ3) is 4.96. The molecule has 2 rings (SSSR count). The fraction of sp³-hybridized carbons (Fsp3) is 0.357. The number of carbonyl (C=O) groups excluding carboxylic acids is 1. The number of anilines is 1. The summed E-state index contributed by atoms with van der Waals surface area (Å²) in [6.45, 7) is 4.74. The molecule has 0 radical (unpaired) electrons. The lowest BCUT2D eigenvalue weighted by atomic mass is 10.2. The molecule has 8 nitrogen and oxygen atoms in total. The first kappa shape index (κ1) is 18.3. The van der Waals surface area contributed by atoms with E-state index in [0.717, 1.165) is 4.47 Å². The van der Waals surface area contributed by atoms with Crippen LogP contribution in [0.15, 0.2) is 22.7 Å². The van der Waals surface area contributed by atoms with Crippen molar-refractivity contribution < 1.29 is 9.53 Å². The van der Waals surface area contributed by atoms with E-state index in [1.165, 1.54) is 11.9 Å². The summed E-state index contributed by atoms with van der Waals surface area (Å²) in [6.07, 6.45) is 0. The van der Waals surface area contributed by atoms with Gasteiger partial charge in [0.2, 0.25) is 0 Å². The van der Waals surface area contributed by atoms with Crippen molar-refractivity contribution in [1.29, 1.82) is 0 Å². The smallest absolute Gasteiger partial charge is 0.269 e. The predicted molar refractivity (Wildman–Crippen MR) is 97.0 cm³/mol. The van der Waals surface area contributed by atoms with Gasteiger partial charge in [0.25, 0.3) is 11.9 Å². The van der Waals surface area contributed by atoms with Gasteiger partial charge in [-0.3, -0.25) is 15.4 Å². The largest absolute Gasteiger partial charge is 0.496 e. The Kier molecular flexibility index (Phi) is 6.21. The zero-order valence-electron chi connectivity index (χ0n) is 13.4. The second kappa shape index (κ2) is 8.15. The van der Waals surface area contributed by atoms with Crippen molar-refractivity contribution in [2.24, 2.45) is 5.92 Å². The molecule has 0 aliphatic carbocycles. The molecule has 1 amide bonds. The van der Waals surface area contributed by atoms with Crippen LogP contribution in [-0.2, 0) is 6.54 Å². The molecule has 0 atom stereocenters. The third-order valence-electron chi connectivity index (χ3n) is 2.84. The highest BCUT2D eigenvalue weighted by Crippen LogP contribution is 2.22. The number of hydrogen-bond acceptors (Lipinski definition) is 6. The van der Waals surface area contributed by atoms with Crippen LogP contribution < -0.4 is 15.4 Å². The molecule has 24 heavy (non-hydrogen) atoms. The standard InChI is InChI=1S/C14H17BrN6O2S/c1-8(2)7-21-19-13(18-20-21)17-14(24)16-12(22)10-6-9(15)4-5-11(10)23-3/h4-6,8H,7H2,1-3H3,(H2,16,17,19,22,24). The van der Waals surface area contributed by atoms with E-state index >= 15 is 0 Å². The normalized spacial score (nSPS) is 10.5. The summed E-state index contributed by atoms with van der Waals surface area (Å²) >= 11 is 8.43. The van der Waals surface area contributed by atoms with E-state index in [0.29, 0.717) is 23.8 Å². The zero-order valence-corrected chi connectivity index (χ0v) is 15.8. The number of rotatable bonds is 5. The highest BCUT2D eigenvalue weighted by molar-refractivity contribution is 9.10. The Morgan fingerprint density at radius 3 is 2.88 bits per heavy atom. The fourth-order valence-electron chi connectivity index (χ4n) is 1.86. The Bertz CT molecular complexity index is 749. The van der Waals surface area contributed by atoms with Crippen molar-refractivity contribution in [1.82, 2.24) is 25.5 Å². The first-order valence-corrected chi connectivity index (χ1v) is 8.33. The van der Waals surface area contributed by atoms with Gasteiger partial charge in [-0.15, -0.1) is 5.10 Å². The molecule has 0 spiro atoms. The van der Waals surface area contributed by atoms with Gasteiger partial charge in [-0.1, -0.05) is 34.9 Å². The molecule has 2 aromatic rings. The number of amides is 1. The molecule has 1 heterocycles. The summed E-state index contributed by atoms with van der Waals surface area (Å²) in [5, 5.41) is 17.2. The van der Waals surface area contributed by atoms with Crippen LogP contribution in [0, 0.1) is 5.92 Å². The van der Waals surface area contributed by atoms with E-state index in [1.54, 1.807) is 18.2 Å². The minimum atomic E-state index is -0.403. The van der Waals surface area contributed by atoms with Crippen LogP contribution in [0.25, 0.3) is 0 Å². The van der Waals surface area contributed by atoms with Gasteiger partial charge in [0.05, 0.1) is 19.2 Å². The van der Waals surface area contributed by atoms with Crippen molar-refractivity contribution in [3.63, 3.8) is 0 Å². The zero-order chi connectivity index (χ0) is 17.7. The third-order valence-corrected chi connectivity index (χ3v) is 3.54. The van der Waals surface area contributed by atoms with Crippen LogP contribution in [0.4, 0.5) is 5.95 Å². The number of ether oxygens (including phenoxy) is 1. The van der Waals surface area contributed by atoms with Crippen LogP contribution in [0.2, 0.25) is 0 Å². The van der Waals surface area contributed by atoms with Crippen molar-refractivity contribution in [3.8, 4) is 5.75 Å². The Morgan fingerprint density at radius 2 is 2.21 bits per heavy atom. The molecule has 0 saturated heterocycles. The molecule has 0 aliphatic heterocycles. The minimum absolute atomic E-state index is 0.0751. The van der Waals surface area contributed by atoms with Crippen molar-refractivity contribution >= 4 is 45.1 Å². The monoisotopic (exact) mass is 412 g/mol. The maximum Gasteiger partial charge on any atom is 0.269 e. The Hall–Kier alpha value is -2.07. The number of methoxy groups -OCH3 is 1. The van der Waals surface area contributed by atoms with Gasteiger partial charge >= 0.3 is 0 Å². The average molecular weight is 413 g/mol. The van der Waals surface area contributed by atoms with Crippen LogP contribution in [-0.4, -0.2) is 38.3 Å². The molecule has 0 aliphatic rings. The topological polar surface area (TPSA) is 94.0 Å². The molecule has 1 aromatic heterocycles. The summed E-state index contributed by atoms with van der Waals surface area (Å²) in [5.41, 5.74) is 0.354. The van der Waals surface area contributed by atoms with Gasteiger partial charge in [0, 0.05) is 4.47 Å². The van der Waals surface area contributed by atoms with Crippen LogP contribution in [0.1, 0.15) is 24.2 Å². The number of nitrogens with zero attached hydrogens (tertiary/aromatic N) is 4. The average Bonchev–Trinajstić information content (AvgIpc) is 2.93. The number of hydrogen-bond donors (Lipinski definition) is 2. The van der Waals surface area contributed by atoms with Gasteiger partial charge in [0.1, 0.15) is 5.75 Å². The van der Waals surface area contributed by atoms with E-state index in [-0.39, 0.29) is 11.1 Å². The van der Waals surface area contributed by atoms with Gasteiger partial charge in [0.15, 0.2) is 5.11 Å². The Morgan fingerprint density at radius 1 is 1.46 bits per heavy atom. The van der Waals surface area contributed by atoms with E-state index in [4.69, 9.17) is 17.0 Å². The summed E-state index contributed by atoms with van der Waals surface area (Å²) < 4.78 is 5.93. The maximum absolute atomic E-state index is 12.3. The molecular weight excluding hydrogens is 396 g/mol. The SMILES string of the molecule is COc1ccc(Br)cc1C(=O)NC(=S)Nc1nnn(CC(C)C)n1. The number of tetrazole rings is 1. The number of benzene rings is 1. The molecule has 0 fully saturated rings. The lowest BCUT2D eigenvalue weighted by molar-refractivity contribution is 0.0974. The van der Waals surface area contributed by atoms with Gasteiger partial charge in [-0.25, -0.2) is 0 Å². The molecule has 0 unspecified atom stereocenters. The predicted octanol–water partition coefficient (Wildman–Crippen LogP) is 2.23. The quantitative estimate of drug-likeness (QED) is 0.726. The molecule has 0 bridgehead atoms. The second-order valence-electron chi connectivity index (χ2n) is 5.31. The summed E-state index contributed by atoms with van der Waals surface area (Å²) in [7, 11) is 1.49. The maximum atomic E-state index is 12.3. The number of nitrogens with one attached hydrogen (secondary N) is 2. The van der Waals surface area contributed by atoms with E-state index < -0.39 is 5.91 Å². The van der Waals surface area contributed by atoms with E-state index in [9.17, 15) is 4.79 Å². The van der Waals surface area contributed by atoms with Gasteiger partial charge in [-0.2, -0.15) is 4.80 Å². The second-order valence-corrected chi connectivity index (χ2v) is 6.64. The summed E-state index contributed by atoms with van der Waals surface area (Å²) in [5.74, 6) is 0.657. The number of aromatic nitrogens is 4. The fourth-order valence-corrected chi connectivity index (χ4v) is 2.40. The first-order valence-electron chi connectivity index (χ1n) is 7.12. The van der Waals surface area contributed by atoms with Crippen molar-refractivity contribution in [2.45, 2.75) is 20.4 Å². The first-order chi connectivity index (χ1) is 11.4. The molecule has 10 heteroatoms. The molecule has 0 saturated carbocycles. The van der Waals surface area contributed by atoms with Crippen molar-refractivity contribution in [2.75, 3.05) is 12.4 Å². The Balaban J connectivity index is 2.00. The summed E-state index contributed by atoms with van der Waals surface area (Å²) in [4.78, 5) is 13.8. The molecule has 128 valence electrons. The van der Waals surface area contributed by atoms with Crippen LogP contribution >= 0.6 is 28.1 Å². The van der Waals surface area contributed by atoms with E-state index in [1.807, 2.05) is 13.8 Å². The molecular formula is C14H17BrN6O2S. The highest BCUT2D eigenvalue weighted by Gasteiger charge is 2.15. The minimum Gasteiger partial charge on any atom is -0.496 e. The van der Waals surface area contributed by atoms with Crippen LogP contribution in [0.5, 0.6) is 5.75 Å². The van der Waals surface area contributed by atoms with Gasteiger partial charge < -0.3 is 4.74 Å². The highest BCUT2D eigenvalue weighted by atomic mass is 79.9. The lowest BCUT2D eigenvalue weighted by Gasteiger charge is -2.10. The van der Waals surface area contributed by atoms with E-state index in [2.05, 4.69) is 42.0 Å². The lowest BCUT2D eigenvalue weighted by Crippen LogP contribution is -2.34. The Labute approximate surface area is 153 Å². The van der Waals surface area contributed by atoms with Crippen LogP contribution in [0.3, 0.4) is 0 Å². The number of carbonyl (C=O) groups is 1. The summed E-state index contributed by atoms with van der Waals surface area (Å²) in [6, 6.07) is 5.12. The number of thiocarbonyl (C=S) groups is 1. The van der Waals surface area contributed by atoms with Gasteiger partial charge in [-0.05, 0) is 41.5 Å². The van der Waals surface area contributed by atoms with Crippen molar-refractivity contribution in [3.05, 3.63) is 28.2 Å².